The van der Waals surface area contributed by atoms with Crippen LogP contribution in [0, 0.1) is 0 Å². The van der Waals surface area contributed by atoms with Crippen LogP contribution in [0.25, 0.3) is 0 Å². The number of halogens is 1. The van der Waals surface area contributed by atoms with Crippen molar-refractivity contribution in [3.05, 3.63) is 34.9 Å². The van der Waals surface area contributed by atoms with Crippen molar-refractivity contribution in [3.63, 3.8) is 0 Å². The molecule has 27 heavy (non-hydrogen) atoms. The molecule has 0 aromatic heterocycles. The van der Waals surface area contributed by atoms with Gasteiger partial charge >= 0.3 is 12.1 Å². The molecule has 1 N–H and O–H groups in total. The third kappa shape index (κ3) is 7.36. The van der Waals surface area contributed by atoms with Gasteiger partial charge in [0.25, 0.3) is 0 Å². The Hall–Kier alpha value is -1.84. The molecule has 0 saturated carbocycles. The number of benzene rings is 1. The van der Waals surface area contributed by atoms with Crippen LogP contribution in [-0.2, 0) is 24.0 Å². The molecule has 2 rings (SSSR count). The van der Waals surface area contributed by atoms with E-state index in [-0.39, 0.29) is 37.9 Å². The first kappa shape index (κ1) is 21.5. The second-order valence-electron chi connectivity index (χ2n) is 6.42. The first-order chi connectivity index (χ1) is 12.7. The summed E-state index contributed by atoms with van der Waals surface area (Å²) >= 11 is 5.74. The molecule has 10 heteroatoms. The number of ether oxygens (including phenoxy) is 3. The van der Waals surface area contributed by atoms with E-state index in [1.165, 1.54) is 0 Å². The van der Waals surface area contributed by atoms with Crippen molar-refractivity contribution in [3.8, 4) is 0 Å². The van der Waals surface area contributed by atoms with Gasteiger partial charge in [-0.25, -0.2) is 18.0 Å². The zero-order valence-electron chi connectivity index (χ0n) is 14.9. The van der Waals surface area contributed by atoms with Crippen LogP contribution in [0.2, 0.25) is 5.02 Å². The summed E-state index contributed by atoms with van der Waals surface area (Å²) in [5, 5.41) is 3.11. The Morgan fingerprint density at radius 2 is 1.74 bits per heavy atom. The van der Waals surface area contributed by atoms with Crippen molar-refractivity contribution in [2.24, 2.45) is 0 Å². The molecule has 1 unspecified atom stereocenters. The number of carbonyl (C=O) groups excluding carboxylic acids is 2. The Morgan fingerprint density at radius 1 is 1.11 bits per heavy atom. The first-order valence-electron chi connectivity index (χ1n) is 8.35. The smallest absolute Gasteiger partial charge is 0.407 e. The van der Waals surface area contributed by atoms with Crippen LogP contribution in [0.3, 0.4) is 0 Å². The van der Waals surface area contributed by atoms with Crippen molar-refractivity contribution >= 4 is 33.5 Å². The summed E-state index contributed by atoms with van der Waals surface area (Å²) in [5.41, 5.74) is -0.408. The van der Waals surface area contributed by atoms with Crippen molar-refractivity contribution < 1.29 is 32.2 Å². The summed E-state index contributed by atoms with van der Waals surface area (Å²) in [4.78, 5) is 23.4. The van der Waals surface area contributed by atoms with Gasteiger partial charge in [-0.2, -0.15) is 0 Å². The third-order valence-corrected chi connectivity index (χ3v) is 6.06. The fourth-order valence-electron chi connectivity index (χ4n) is 2.55. The monoisotopic (exact) mass is 419 g/mol. The van der Waals surface area contributed by atoms with Crippen LogP contribution in [0.4, 0.5) is 4.79 Å². The van der Waals surface area contributed by atoms with Gasteiger partial charge in [0, 0.05) is 5.02 Å². The van der Waals surface area contributed by atoms with Crippen LogP contribution in [-0.4, -0.2) is 64.0 Å². The highest BCUT2D eigenvalue weighted by Gasteiger charge is 2.39. The molecule has 1 heterocycles. The minimum atomic E-state index is -3.11. The molecule has 0 spiro atoms. The number of rotatable bonds is 8. The number of hydrogen-bond acceptors (Lipinski definition) is 7. The molecule has 0 aliphatic carbocycles. The fourth-order valence-corrected chi connectivity index (χ4v) is 4.77. The topological polar surface area (TPSA) is 108 Å². The van der Waals surface area contributed by atoms with Crippen molar-refractivity contribution in [1.29, 1.82) is 0 Å². The second kappa shape index (κ2) is 9.38. The lowest BCUT2D eigenvalue weighted by atomic mass is 10.0. The van der Waals surface area contributed by atoms with Crippen molar-refractivity contribution in [2.45, 2.75) is 18.9 Å². The molecular formula is C17H22ClNO7S. The van der Waals surface area contributed by atoms with Gasteiger partial charge in [-0.15, -0.1) is 0 Å². The number of alkyl carbamates (subject to hydrolysis) is 1. The summed E-state index contributed by atoms with van der Waals surface area (Å²) < 4.78 is 38.2. The van der Waals surface area contributed by atoms with Crippen LogP contribution in [0.5, 0.6) is 0 Å². The molecule has 1 aliphatic rings. The highest BCUT2D eigenvalue weighted by atomic mass is 35.5. The number of carbonyl (C=O) groups is 2. The van der Waals surface area contributed by atoms with Gasteiger partial charge in [0.05, 0.1) is 35.8 Å². The SMILES string of the molecule is CC1(NC(=O)OCCOCCOC(=O)c2ccc(Cl)cc2)CCS(=O)(=O)C1. The Labute approximate surface area is 163 Å². The van der Waals surface area contributed by atoms with E-state index in [1.54, 1.807) is 31.2 Å². The largest absolute Gasteiger partial charge is 0.460 e. The van der Waals surface area contributed by atoms with Gasteiger partial charge in [-0.05, 0) is 37.6 Å². The molecule has 1 aromatic rings. The van der Waals surface area contributed by atoms with E-state index >= 15 is 0 Å². The predicted octanol–water partition coefficient (Wildman–Crippen LogP) is 1.82. The van der Waals surface area contributed by atoms with Gasteiger partial charge in [0.2, 0.25) is 0 Å². The predicted molar refractivity (Wildman–Crippen MR) is 98.7 cm³/mol. The van der Waals surface area contributed by atoms with E-state index < -0.39 is 27.4 Å². The Kier molecular flexibility index (Phi) is 7.46. The summed E-state index contributed by atoms with van der Waals surface area (Å²) in [6, 6.07) is 6.32. The minimum Gasteiger partial charge on any atom is -0.460 e. The lowest BCUT2D eigenvalue weighted by molar-refractivity contribution is 0.0231. The summed E-state index contributed by atoms with van der Waals surface area (Å²) in [5.74, 6) is -0.516. The number of nitrogens with one attached hydrogen (secondary N) is 1. The van der Waals surface area contributed by atoms with Crippen LogP contribution < -0.4 is 5.32 Å². The molecular weight excluding hydrogens is 398 g/mol. The number of esters is 1. The maximum Gasteiger partial charge on any atom is 0.407 e. The molecule has 1 atom stereocenters. The number of amides is 1. The third-order valence-electron chi connectivity index (χ3n) is 3.91. The molecule has 0 radical (unpaired) electrons. The fraction of sp³-hybridized carbons (Fsp3) is 0.529. The Bertz CT molecular complexity index is 766. The van der Waals surface area contributed by atoms with Crippen LogP contribution in [0.15, 0.2) is 24.3 Å². The highest BCUT2D eigenvalue weighted by Crippen LogP contribution is 2.22. The lowest BCUT2D eigenvalue weighted by Crippen LogP contribution is -2.47. The van der Waals surface area contributed by atoms with Gasteiger partial charge in [-0.1, -0.05) is 11.6 Å². The molecule has 8 nitrogen and oxygen atoms in total. The highest BCUT2D eigenvalue weighted by molar-refractivity contribution is 7.91. The van der Waals surface area contributed by atoms with Gasteiger partial charge in [0.15, 0.2) is 9.84 Å². The van der Waals surface area contributed by atoms with E-state index in [0.29, 0.717) is 17.0 Å². The van der Waals surface area contributed by atoms with Crippen LogP contribution >= 0.6 is 11.6 Å². The van der Waals surface area contributed by atoms with Crippen molar-refractivity contribution in [1.82, 2.24) is 5.32 Å². The van der Waals surface area contributed by atoms with Gasteiger partial charge in [-0.3, -0.25) is 0 Å². The standard InChI is InChI=1S/C17H22ClNO7S/c1-17(6-11-27(22,23)12-17)19-16(21)26-10-8-24-7-9-25-15(20)13-2-4-14(18)5-3-13/h2-5H,6-12H2,1H3,(H,19,21). The first-order valence-corrected chi connectivity index (χ1v) is 10.5. The maximum absolute atomic E-state index is 11.7. The molecule has 150 valence electrons. The second-order valence-corrected chi connectivity index (χ2v) is 9.04. The van der Waals surface area contributed by atoms with E-state index in [2.05, 4.69) is 5.32 Å². The van der Waals surface area contributed by atoms with E-state index in [9.17, 15) is 18.0 Å². The van der Waals surface area contributed by atoms with Gasteiger partial charge in [0.1, 0.15) is 13.2 Å². The van der Waals surface area contributed by atoms with E-state index in [0.717, 1.165) is 0 Å². The Balaban J connectivity index is 1.54. The van der Waals surface area contributed by atoms with Gasteiger partial charge < -0.3 is 19.5 Å². The van der Waals surface area contributed by atoms with E-state index in [1.807, 2.05) is 0 Å². The normalized spacial score (nSPS) is 20.8. The van der Waals surface area contributed by atoms with Crippen molar-refractivity contribution in [2.75, 3.05) is 37.9 Å². The molecule has 1 fully saturated rings. The molecule has 1 aromatic carbocycles. The average Bonchev–Trinajstić information content (AvgIpc) is 2.87. The molecule has 0 bridgehead atoms. The number of sulfone groups is 1. The summed E-state index contributed by atoms with van der Waals surface area (Å²) in [6.45, 7) is 2.01. The zero-order valence-corrected chi connectivity index (χ0v) is 16.5. The number of hydrogen-bond donors (Lipinski definition) is 1. The molecule has 1 amide bonds. The molecule has 1 saturated heterocycles. The van der Waals surface area contributed by atoms with Crippen LogP contribution in [0.1, 0.15) is 23.7 Å². The lowest BCUT2D eigenvalue weighted by Gasteiger charge is -2.23. The minimum absolute atomic E-state index is 0.000204. The summed E-state index contributed by atoms with van der Waals surface area (Å²) in [7, 11) is -3.11. The maximum atomic E-state index is 11.7. The average molecular weight is 420 g/mol. The summed E-state index contributed by atoms with van der Waals surface area (Å²) in [6.07, 6.45) is -0.327. The zero-order chi connectivity index (χ0) is 19.9. The quantitative estimate of drug-likeness (QED) is 0.505. The molecule has 1 aliphatic heterocycles. The van der Waals surface area contributed by atoms with E-state index in [4.69, 9.17) is 25.8 Å². The Morgan fingerprint density at radius 3 is 2.33 bits per heavy atom.